The summed E-state index contributed by atoms with van der Waals surface area (Å²) in [5, 5.41) is 13.1. The molecule has 0 aromatic carbocycles. The van der Waals surface area contributed by atoms with Crippen molar-refractivity contribution in [1.29, 1.82) is 0 Å². The number of hydrogen-bond acceptors (Lipinski definition) is 6. The van der Waals surface area contributed by atoms with Crippen molar-refractivity contribution in [2.24, 2.45) is 0 Å². The minimum absolute atomic E-state index is 0.131. The van der Waals surface area contributed by atoms with E-state index in [1.54, 1.807) is 6.07 Å². The van der Waals surface area contributed by atoms with Crippen molar-refractivity contribution >= 4 is 5.91 Å². The molecule has 1 aliphatic rings. The van der Waals surface area contributed by atoms with Gasteiger partial charge in [0.25, 0.3) is 5.91 Å². The summed E-state index contributed by atoms with van der Waals surface area (Å²) < 4.78 is 9.50. The van der Waals surface area contributed by atoms with Gasteiger partial charge in [-0.3, -0.25) is 4.79 Å². The van der Waals surface area contributed by atoms with Crippen LogP contribution in [-0.4, -0.2) is 34.2 Å². The molecular weight excluding hydrogens is 252 g/mol. The lowest BCUT2D eigenvalue weighted by Crippen LogP contribution is -2.48. The van der Waals surface area contributed by atoms with Crippen molar-refractivity contribution < 1.29 is 18.8 Å². The first-order valence-electron chi connectivity index (χ1n) is 5.67. The van der Waals surface area contributed by atoms with Crippen LogP contribution in [0.15, 0.2) is 38.2 Å². The van der Waals surface area contributed by atoms with Gasteiger partial charge in [0.05, 0.1) is 11.8 Å². The highest BCUT2D eigenvalue weighted by molar-refractivity contribution is 5.92. The van der Waals surface area contributed by atoms with Gasteiger partial charge in [-0.05, 0) is 0 Å². The summed E-state index contributed by atoms with van der Waals surface area (Å²) in [7, 11) is 0. The normalized spacial score (nSPS) is 15.3. The van der Waals surface area contributed by atoms with Crippen LogP contribution in [0.4, 0.5) is 0 Å². The Morgan fingerprint density at radius 2 is 2.21 bits per heavy atom. The smallest absolute Gasteiger partial charge is 0.340 e. The van der Waals surface area contributed by atoms with Crippen LogP contribution in [0.2, 0.25) is 0 Å². The Hall–Kier alpha value is -2.57. The summed E-state index contributed by atoms with van der Waals surface area (Å²) in [5.74, 6) is -0.740. The van der Waals surface area contributed by atoms with Gasteiger partial charge in [-0.2, -0.15) is 0 Å². The van der Waals surface area contributed by atoms with Crippen LogP contribution < -0.4 is 5.63 Å². The summed E-state index contributed by atoms with van der Waals surface area (Å²) in [6.45, 7) is 0.954. The minimum Gasteiger partial charge on any atom is -0.508 e. The molecule has 3 rings (SSSR count). The predicted octanol–water partition coefficient (Wildman–Crippen LogP) is 0.573. The highest BCUT2D eigenvalue weighted by Gasteiger charge is 2.34. The zero-order valence-corrected chi connectivity index (χ0v) is 9.78. The molecule has 2 aromatic heterocycles. The number of amides is 1. The van der Waals surface area contributed by atoms with Crippen molar-refractivity contribution in [2.75, 3.05) is 13.1 Å². The van der Waals surface area contributed by atoms with Gasteiger partial charge in [0.1, 0.15) is 12.0 Å². The van der Waals surface area contributed by atoms with Gasteiger partial charge >= 0.3 is 5.63 Å². The van der Waals surface area contributed by atoms with Crippen molar-refractivity contribution in [3.05, 3.63) is 46.3 Å². The maximum absolute atomic E-state index is 12.0. The number of aromatic nitrogens is 1. The lowest BCUT2D eigenvalue weighted by molar-refractivity contribution is 0.0557. The molecule has 1 aliphatic heterocycles. The topological polar surface area (TPSA) is 96.8 Å². The molecule has 1 N–H and O–H groups in total. The first-order valence-corrected chi connectivity index (χ1v) is 5.67. The average molecular weight is 262 g/mol. The van der Waals surface area contributed by atoms with E-state index >= 15 is 0 Å². The number of carbonyl (C=O) groups excluding carboxylic acids is 1. The fourth-order valence-electron chi connectivity index (χ4n) is 1.99. The first kappa shape index (κ1) is 11.5. The average Bonchev–Trinajstić information content (AvgIpc) is 2.79. The minimum atomic E-state index is -0.753. The third kappa shape index (κ3) is 2.10. The van der Waals surface area contributed by atoms with E-state index in [1.165, 1.54) is 11.2 Å². The van der Waals surface area contributed by atoms with Gasteiger partial charge in [-0.25, -0.2) is 4.79 Å². The predicted molar refractivity (Wildman–Crippen MR) is 61.8 cm³/mol. The van der Waals surface area contributed by atoms with E-state index in [2.05, 4.69) is 5.16 Å². The van der Waals surface area contributed by atoms with Crippen LogP contribution in [0, 0.1) is 0 Å². The molecule has 0 bridgehead atoms. The van der Waals surface area contributed by atoms with Crippen LogP contribution in [0.1, 0.15) is 22.2 Å². The number of nitrogens with zero attached hydrogens (tertiary/aromatic N) is 2. The van der Waals surface area contributed by atoms with Gasteiger partial charge in [-0.1, -0.05) is 5.16 Å². The molecule has 0 unspecified atom stereocenters. The van der Waals surface area contributed by atoms with E-state index in [9.17, 15) is 14.7 Å². The third-order valence-electron chi connectivity index (χ3n) is 3.01. The fourth-order valence-corrected chi connectivity index (χ4v) is 1.99. The van der Waals surface area contributed by atoms with E-state index in [0.29, 0.717) is 13.1 Å². The monoisotopic (exact) mass is 262 g/mol. The Labute approximate surface area is 107 Å². The maximum Gasteiger partial charge on any atom is 0.340 e. The van der Waals surface area contributed by atoms with Crippen molar-refractivity contribution in [3.63, 3.8) is 0 Å². The second-order valence-corrected chi connectivity index (χ2v) is 4.33. The molecule has 7 heteroatoms. The Balaban J connectivity index is 1.71. The van der Waals surface area contributed by atoms with Crippen molar-refractivity contribution in [2.45, 2.75) is 5.92 Å². The molecule has 7 nitrogen and oxygen atoms in total. The zero-order valence-electron chi connectivity index (χ0n) is 9.78. The highest BCUT2D eigenvalue weighted by Crippen LogP contribution is 2.27. The van der Waals surface area contributed by atoms with Crippen LogP contribution in [-0.2, 0) is 0 Å². The fraction of sp³-hybridized carbons (Fsp3) is 0.250. The van der Waals surface area contributed by atoms with Gasteiger partial charge < -0.3 is 18.9 Å². The standard InChI is InChI=1S/C12H10N2O5/c15-8-3-10(19-11(16)4-8)12(17)14-5-7(6-14)9-1-2-18-13-9/h1-4,7,15H,5-6H2. The van der Waals surface area contributed by atoms with E-state index in [0.717, 1.165) is 17.8 Å². The number of hydrogen-bond donors (Lipinski definition) is 1. The Bertz CT molecular complexity index is 655. The summed E-state index contributed by atoms with van der Waals surface area (Å²) >= 11 is 0. The molecule has 0 aliphatic carbocycles. The van der Waals surface area contributed by atoms with E-state index in [4.69, 9.17) is 8.94 Å². The number of rotatable bonds is 2. The van der Waals surface area contributed by atoms with Gasteiger partial charge in [0.2, 0.25) is 0 Å². The van der Waals surface area contributed by atoms with E-state index in [-0.39, 0.29) is 17.4 Å². The number of likely N-dealkylation sites (tertiary alicyclic amines) is 1. The Morgan fingerprint density at radius 3 is 2.84 bits per heavy atom. The number of carbonyl (C=O) groups is 1. The lowest BCUT2D eigenvalue weighted by atomic mass is 9.96. The molecule has 1 amide bonds. The van der Waals surface area contributed by atoms with Crippen LogP contribution >= 0.6 is 0 Å². The Morgan fingerprint density at radius 1 is 1.42 bits per heavy atom. The zero-order chi connectivity index (χ0) is 13.4. The molecule has 0 atom stereocenters. The second-order valence-electron chi connectivity index (χ2n) is 4.33. The van der Waals surface area contributed by atoms with E-state index < -0.39 is 11.5 Å². The molecule has 1 saturated heterocycles. The molecule has 1 fully saturated rings. The van der Waals surface area contributed by atoms with E-state index in [1.807, 2.05) is 0 Å². The van der Waals surface area contributed by atoms with Gasteiger partial charge in [0, 0.05) is 31.1 Å². The molecule has 0 spiro atoms. The maximum atomic E-state index is 12.0. The molecular formula is C12H10N2O5. The summed E-state index contributed by atoms with van der Waals surface area (Å²) in [4.78, 5) is 24.6. The van der Waals surface area contributed by atoms with Crippen LogP contribution in [0.5, 0.6) is 5.75 Å². The number of aromatic hydroxyl groups is 1. The molecule has 0 radical (unpaired) electrons. The van der Waals surface area contributed by atoms with Crippen LogP contribution in [0.3, 0.4) is 0 Å². The van der Waals surface area contributed by atoms with Crippen LogP contribution in [0.25, 0.3) is 0 Å². The molecule has 0 saturated carbocycles. The summed E-state index contributed by atoms with van der Waals surface area (Å²) in [6.07, 6.45) is 1.48. The summed E-state index contributed by atoms with van der Waals surface area (Å²) in [6, 6.07) is 3.79. The van der Waals surface area contributed by atoms with Gasteiger partial charge in [0.15, 0.2) is 5.76 Å². The quantitative estimate of drug-likeness (QED) is 0.850. The molecule has 19 heavy (non-hydrogen) atoms. The first-order chi connectivity index (χ1) is 9.13. The van der Waals surface area contributed by atoms with Gasteiger partial charge in [-0.15, -0.1) is 0 Å². The molecule has 2 aromatic rings. The lowest BCUT2D eigenvalue weighted by Gasteiger charge is -2.37. The SMILES string of the molecule is O=C(c1cc(O)cc(=O)o1)N1CC(c2ccon2)C1. The molecule has 3 heterocycles. The largest absolute Gasteiger partial charge is 0.508 e. The molecule has 98 valence electrons. The second kappa shape index (κ2) is 4.27. The highest BCUT2D eigenvalue weighted by atomic mass is 16.5. The van der Waals surface area contributed by atoms with Crippen molar-refractivity contribution in [3.8, 4) is 5.75 Å². The van der Waals surface area contributed by atoms with Crippen molar-refractivity contribution in [1.82, 2.24) is 10.1 Å². The Kier molecular flexibility index (Phi) is 2.59. The summed E-state index contributed by atoms with van der Waals surface area (Å²) in [5.41, 5.74) is 0.0401. The third-order valence-corrected chi connectivity index (χ3v) is 3.01.